The zero-order valence-electron chi connectivity index (χ0n) is 15.9. The van der Waals surface area contributed by atoms with E-state index < -0.39 is 0 Å². The normalized spacial score (nSPS) is 17.5. The summed E-state index contributed by atoms with van der Waals surface area (Å²) in [7, 11) is 0. The van der Waals surface area contributed by atoms with Gasteiger partial charge < -0.3 is 9.64 Å². The number of nitrogens with zero attached hydrogens (tertiary/aromatic N) is 6. The zero-order chi connectivity index (χ0) is 19.1. The maximum atomic E-state index is 5.61. The second kappa shape index (κ2) is 6.75. The summed E-state index contributed by atoms with van der Waals surface area (Å²) in [5.41, 5.74) is 5.37. The van der Waals surface area contributed by atoms with E-state index in [1.54, 1.807) is 6.20 Å². The molecule has 28 heavy (non-hydrogen) atoms. The van der Waals surface area contributed by atoms with Crippen molar-refractivity contribution >= 4 is 16.9 Å². The van der Waals surface area contributed by atoms with E-state index in [0.717, 1.165) is 52.6 Å². The molecule has 1 saturated heterocycles. The van der Waals surface area contributed by atoms with E-state index in [-0.39, 0.29) is 6.04 Å². The third kappa shape index (κ3) is 2.66. The minimum Gasteiger partial charge on any atom is -0.377 e. The Kier molecular flexibility index (Phi) is 4.09. The van der Waals surface area contributed by atoms with Gasteiger partial charge in [0.05, 0.1) is 30.6 Å². The molecule has 5 rings (SSSR count). The highest BCUT2D eigenvalue weighted by Crippen LogP contribution is 2.34. The Hall–Kier alpha value is -3.20. The number of aromatic amines is 2. The van der Waals surface area contributed by atoms with Gasteiger partial charge in [-0.3, -0.25) is 14.9 Å². The Bertz CT molecular complexity index is 1100. The van der Waals surface area contributed by atoms with E-state index in [1.807, 2.05) is 23.0 Å². The smallest absolute Gasteiger partial charge is 0.130 e. The highest BCUT2D eigenvalue weighted by molar-refractivity contribution is 5.99. The first-order valence-electron chi connectivity index (χ1n) is 9.51. The molecule has 0 unspecified atom stereocenters. The molecular formula is C19H22N8O. The van der Waals surface area contributed by atoms with Gasteiger partial charge >= 0.3 is 0 Å². The summed E-state index contributed by atoms with van der Waals surface area (Å²) in [4.78, 5) is 7.28. The zero-order valence-corrected chi connectivity index (χ0v) is 15.9. The molecule has 0 bridgehead atoms. The fraction of sp³-hybridized carbons (Fsp3) is 0.368. The fourth-order valence-corrected chi connectivity index (χ4v) is 3.78. The molecule has 9 heteroatoms. The molecular weight excluding hydrogens is 356 g/mol. The number of H-pyrrole nitrogens is 2. The summed E-state index contributed by atoms with van der Waals surface area (Å²) >= 11 is 0. The lowest BCUT2D eigenvalue weighted by atomic mass is 10.1. The molecule has 0 amide bonds. The van der Waals surface area contributed by atoms with Crippen LogP contribution in [-0.2, 0) is 11.3 Å². The first-order valence-corrected chi connectivity index (χ1v) is 9.51. The van der Waals surface area contributed by atoms with Crippen molar-refractivity contribution < 1.29 is 4.74 Å². The van der Waals surface area contributed by atoms with E-state index in [9.17, 15) is 0 Å². The molecule has 1 aliphatic rings. The van der Waals surface area contributed by atoms with E-state index in [0.29, 0.717) is 13.2 Å². The molecule has 1 aliphatic heterocycles. The molecule has 1 atom stereocenters. The highest BCUT2D eigenvalue weighted by Gasteiger charge is 2.24. The van der Waals surface area contributed by atoms with Gasteiger partial charge in [0, 0.05) is 31.0 Å². The number of aryl methyl sites for hydroxylation is 1. The predicted molar refractivity (Wildman–Crippen MR) is 106 cm³/mol. The van der Waals surface area contributed by atoms with Crippen molar-refractivity contribution in [3.8, 4) is 22.6 Å². The van der Waals surface area contributed by atoms with Gasteiger partial charge in [0.25, 0.3) is 0 Å². The van der Waals surface area contributed by atoms with Crippen molar-refractivity contribution in [2.24, 2.45) is 0 Å². The van der Waals surface area contributed by atoms with Gasteiger partial charge in [0.15, 0.2) is 0 Å². The molecule has 0 aliphatic carbocycles. The third-order valence-corrected chi connectivity index (χ3v) is 5.22. The van der Waals surface area contributed by atoms with Crippen LogP contribution in [-0.4, -0.2) is 61.0 Å². The molecule has 4 aromatic rings. The standard InChI is InChI=1S/C19H22N8O/c1-3-27-15(5-7-21-27)13-10-16(26-8-9-28-11-12(26)2)22-19-17(13)24-25-18(19)14-4-6-20-23-14/h4-7,10,12H,3,8-9,11H2,1-2H3,(H,20,23)(H,24,25)/t12-/m1/s1. The number of ether oxygens (including phenoxy) is 1. The van der Waals surface area contributed by atoms with Crippen LogP contribution in [0.5, 0.6) is 0 Å². The summed E-state index contributed by atoms with van der Waals surface area (Å²) in [6, 6.07) is 6.31. The van der Waals surface area contributed by atoms with E-state index in [2.05, 4.69) is 50.3 Å². The van der Waals surface area contributed by atoms with Crippen LogP contribution in [0.1, 0.15) is 13.8 Å². The SMILES string of the molecule is CCn1nccc1-c1cc(N2CCOC[C@H]2C)nc2c(-c3ccn[nH]3)[nH]nc12. The van der Waals surface area contributed by atoms with Crippen LogP contribution in [0.15, 0.2) is 30.6 Å². The summed E-state index contributed by atoms with van der Waals surface area (Å²) in [6.45, 7) is 7.23. The van der Waals surface area contributed by atoms with Gasteiger partial charge in [-0.25, -0.2) is 4.98 Å². The van der Waals surface area contributed by atoms with Crippen LogP contribution >= 0.6 is 0 Å². The minimum atomic E-state index is 0.255. The molecule has 5 heterocycles. The van der Waals surface area contributed by atoms with Gasteiger partial charge in [0.2, 0.25) is 0 Å². The number of hydrogen-bond acceptors (Lipinski definition) is 6. The van der Waals surface area contributed by atoms with Gasteiger partial charge in [-0.05, 0) is 32.0 Å². The molecule has 2 N–H and O–H groups in total. The Morgan fingerprint density at radius 1 is 1.21 bits per heavy atom. The maximum absolute atomic E-state index is 5.61. The van der Waals surface area contributed by atoms with Crippen molar-refractivity contribution in [2.45, 2.75) is 26.4 Å². The second-order valence-electron chi connectivity index (χ2n) is 6.94. The first kappa shape index (κ1) is 16.9. The Labute approximate surface area is 161 Å². The summed E-state index contributed by atoms with van der Waals surface area (Å²) in [5.74, 6) is 0.921. The second-order valence-corrected chi connectivity index (χ2v) is 6.94. The van der Waals surface area contributed by atoms with E-state index in [4.69, 9.17) is 9.72 Å². The van der Waals surface area contributed by atoms with Crippen LogP contribution in [0, 0.1) is 0 Å². The average molecular weight is 378 g/mol. The van der Waals surface area contributed by atoms with E-state index >= 15 is 0 Å². The topological polar surface area (TPSA) is 101 Å². The monoisotopic (exact) mass is 378 g/mol. The number of morpholine rings is 1. The van der Waals surface area contributed by atoms with Crippen LogP contribution in [0.2, 0.25) is 0 Å². The number of anilines is 1. The predicted octanol–water partition coefficient (Wildman–Crippen LogP) is 2.46. The van der Waals surface area contributed by atoms with Gasteiger partial charge in [0.1, 0.15) is 22.5 Å². The molecule has 9 nitrogen and oxygen atoms in total. The van der Waals surface area contributed by atoms with Gasteiger partial charge in [-0.2, -0.15) is 15.3 Å². The third-order valence-electron chi connectivity index (χ3n) is 5.22. The van der Waals surface area contributed by atoms with E-state index in [1.165, 1.54) is 0 Å². The minimum absolute atomic E-state index is 0.255. The number of pyridine rings is 1. The number of fused-ring (bicyclic) bond motifs is 1. The van der Waals surface area contributed by atoms with Crippen molar-refractivity contribution in [3.05, 3.63) is 30.6 Å². The van der Waals surface area contributed by atoms with Crippen molar-refractivity contribution in [1.29, 1.82) is 0 Å². The largest absolute Gasteiger partial charge is 0.377 e. The lowest BCUT2D eigenvalue weighted by molar-refractivity contribution is 0.0986. The highest BCUT2D eigenvalue weighted by atomic mass is 16.5. The molecule has 0 saturated carbocycles. The first-order chi connectivity index (χ1) is 13.8. The number of rotatable bonds is 4. The van der Waals surface area contributed by atoms with Crippen LogP contribution in [0.3, 0.4) is 0 Å². The van der Waals surface area contributed by atoms with Gasteiger partial charge in [-0.1, -0.05) is 0 Å². The fourth-order valence-electron chi connectivity index (χ4n) is 3.78. The maximum Gasteiger partial charge on any atom is 0.130 e. The van der Waals surface area contributed by atoms with Crippen LogP contribution < -0.4 is 4.90 Å². The molecule has 4 aromatic heterocycles. The Balaban J connectivity index is 1.75. The number of nitrogens with one attached hydrogen (secondary N) is 2. The lowest BCUT2D eigenvalue weighted by Crippen LogP contribution is -2.44. The van der Waals surface area contributed by atoms with Crippen molar-refractivity contribution in [1.82, 2.24) is 35.2 Å². The molecule has 0 aromatic carbocycles. The lowest BCUT2D eigenvalue weighted by Gasteiger charge is -2.34. The van der Waals surface area contributed by atoms with Crippen molar-refractivity contribution in [2.75, 3.05) is 24.7 Å². The van der Waals surface area contributed by atoms with Crippen LogP contribution in [0.4, 0.5) is 5.82 Å². The van der Waals surface area contributed by atoms with Crippen LogP contribution in [0.25, 0.3) is 33.7 Å². The summed E-state index contributed by atoms with van der Waals surface area (Å²) in [5, 5.41) is 19.2. The Morgan fingerprint density at radius 2 is 2.14 bits per heavy atom. The summed E-state index contributed by atoms with van der Waals surface area (Å²) < 4.78 is 7.59. The average Bonchev–Trinajstić information content (AvgIpc) is 3.46. The summed E-state index contributed by atoms with van der Waals surface area (Å²) in [6.07, 6.45) is 3.55. The Morgan fingerprint density at radius 3 is 2.93 bits per heavy atom. The number of hydrogen-bond donors (Lipinski definition) is 2. The van der Waals surface area contributed by atoms with Gasteiger partial charge in [-0.15, -0.1) is 0 Å². The molecule has 0 radical (unpaired) electrons. The molecule has 144 valence electrons. The quantitative estimate of drug-likeness (QED) is 0.566. The van der Waals surface area contributed by atoms with Crippen molar-refractivity contribution in [3.63, 3.8) is 0 Å². The molecule has 0 spiro atoms. The number of aromatic nitrogens is 7. The molecule has 1 fully saturated rings.